The summed E-state index contributed by atoms with van der Waals surface area (Å²) in [5, 5.41) is 3.73. The molecule has 14 heavy (non-hydrogen) atoms. The van der Waals surface area contributed by atoms with Crippen LogP contribution in [-0.2, 0) is 0 Å². The van der Waals surface area contributed by atoms with E-state index in [-0.39, 0.29) is 0 Å². The van der Waals surface area contributed by atoms with Crippen molar-refractivity contribution in [2.24, 2.45) is 5.92 Å². The van der Waals surface area contributed by atoms with Crippen LogP contribution in [0.4, 0.5) is 0 Å². The van der Waals surface area contributed by atoms with Crippen LogP contribution in [0.15, 0.2) is 0 Å². The second-order valence-electron chi connectivity index (χ2n) is 5.57. The van der Waals surface area contributed by atoms with Crippen LogP contribution in [0.2, 0.25) is 0 Å². The molecule has 1 saturated carbocycles. The molecule has 2 nitrogen and oxygen atoms in total. The van der Waals surface area contributed by atoms with E-state index in [1.165, 1.54) is 45.1 Å². The molecule has 1 N–H and O–H groups in total. The third-order valence-electron chi connectivity index (χ3n) is 4.65. The Balaban J connectivity index is 1.52. The minimum atomic E-state index is 0.863. The standard InChI is InChI=1S/C12H22N2/c1-14(11-3-2-4-11)8-9-7-10-5-6-12(9)13-10/h9-13H,2-8H2,1H3. The van der Waals surface area contributed by atoms with Crippen molar-refractivity contribution >= 4 is 0 Å². The molecule has 3 aliphatic rings. The lowest BCUT2D eigenvalue weighted by Gasteiger charge is -2.37. The largest absolute Gasteiger partial charge is 0.311 e. The first kappa shape index (κ1) is 9.17. The van der Waals surface area contributed by atoms with E-state index < -0.39 is 0 Å². The topological polar surface area (TPSA) is 15.3 Å². The molecular formula is C12H22N2. The zero-order chi connectivity index (χ0) is 9.54. The quantitative estimate of drug-likeness (QED) is 0.734. The highest BCUT2D eigenvalue weighted by molar-refractivity contribution is 4.98. The van der Waals surface area contributed by atoms with E-state index in [4.69, 9.17) is 0 Å². The van der Waals surface area contributed by atoms with E-state index in [2.05, 4.69) is 17.3 Å². The van der Waals surface area contributed by atoms with Gasteiger partial charge in [-0.3, -0.25) is 0 Å². The Morgan fingerprint density at radius 3 is 2.57 bits per heavy atom. The molecule has 0 aromatic heterocycles. The number of fused-ring (bicyclic) bond motifs is 2. The Morgan fingerprint density at radius 1 is 1.21 bits per heavy atom. The monoisotopic (exact) mass is 194 g/mol. The lowest BCUT2D eigenvalue weighted by atomic mass is 9.86. The van der Waals surface area contributed by atoms with Crippen molar-refractivity contribution in [3.05, 3.63) is 0 Å². The highest BCUT2D eigenvalue weighted by Crippen LogP contribution is 2.34. The number of hydrogen-bond acceptors (Lipinski definition) is 2. The van der Waals surface area contributed by atoms with Crippen LogP contribution in [0.5, 0.6) is 0 Å². The molecule has 3 rings (SSSR count). The SMILES string of the molecule is CN(CC1CC2CCC1N2)C1CCC1. The molecule has 1 aliphatic carbocycles. The molecule has 0 spiro atoms. The average molecular weight is 194 g/mol. The van der Waals surface area contributed by atoms with Crippen LogP contribution >= 0.6 is 0 Å². The summed E-state index contributed by atoms with van der Waals surface area (Å²) < 4.78 is 0. The van der Waals surface area contributed by atoms with Gasteiger partial charge in [0.1, 0.15) is 0 Å². The molecule has 2 heterocycles. The zero-order valence-corrected chi connectivity index (χ0v) is 9.21. The van der Waals surface area contributed by atoms with Crippen LogP contribution in [0, 0.1) is 5.92 Å². The fraction of sp³-hybridized carbons (Fsp3) is 1.00. The van der Waals surface area contributed by atoms with Gasteiger partial charge in [0.05, 0.1) is 0 Å². The van der Waals surface area contributed by atoms with Gasteiger partial charge in [-0.25, -0.2) is 0 Å². The van der Waals surface area contributed by atoms with E-state index >= 15 is 0 Å². The lowest BCUT2D eigenvalue weighted by Crippen LogP contribution is -2.42. The van der Waals surface area contributed by atoms with Gasteiger partial charge in [0, 0.05) is 24.7 Å². The first-order valence-corrected chi connectivity index (χ1v) is 6.29. The molecule has 3 fully saturated rings. The van der Waals surface area contributed by atoms with E-state index in [1.807, 2.05) is 0 Å². The van der Waals surface area contributed by atoms with Crippen molar-refractivity contribution in [3.63, 3.8) is 0 Å². The Kier molecular flexibility index (Phi) is 2.29. The Morgan fingerprint density at radius 2 is 2.07 bits per heavy atom. The van der Waals surface area contributed by atoms with Crippen molar-refractivity contribution in [3.8, 4) is 0 Å². The minimum absolute atomic E-state index is 0.863. The van der Waals surface area contributed by atoms with Crippen molar-refractivity contribution in [1.29, 1.82) is 0 Å². The summed E-state index contributed by atoms with van der Waals surface area (Å²) in [6, 6.07) is 2.66. The molecule has 2 aliphatic heterocycles. The Bertz CT molecular complexity index is 212. The highest BCUT2D eigenvalue weighted by atomic mass is 15.2. The normalized spacial score (nSPS) is 42.0. The first-order chi connectivity index (χ1) is 6.83. The summed E-state index contributed by atoms with van der Waals surface area (Å²) in [5.74, 6) is 0.958. The van der Waals surface area contributed by atoms with Gasteiger partial charge in [-0.15, -0.1) is 0 Å². The molecule has 2 saturated heterocycles. The van der Waals surface area contributed by atoms with Crippen molar-refractivity contribution < 1.29 is 0 Å². The molecule has 3 atom stereocenters. The van der Waals surface area contributed by atoms with Crippen molar-refractivity contribution in [2.75, 3.05) is 13.6 Å². The molecule has 80 valence electrons. The van der Waals surface area contributed by atoms with Gasteiger partial charge in [0.25, 0.3) is 0 Å². The predicted molar refractivity (Wildman–Crippen MR) is 58.3 cm³/mol. The van der Waals surface area contributed by atoms with Crippen LogP contribution in [0.3, 0.4) is 0 Å². The molecule has 2 heteroatoms. The number of nitrogens with one attached hydrogen (secondary N) is 1. The number of rotatable bonds is 3. The third kappa shape index (κ3) is 1.49. The van der Waals surface area contributed by atoms with E-state index in [0.29, 0.717) is 0 Å². The number of nitrogens with zero attached hydrogens (tertiary/aromatic N) is 1. The van der Waals surface area contributed by atoms with Gasteiger partial charge in [-0.2, -0.15) is 0 Å². The average Bonchev–Trinajstić information content (AvgIpc) is 2.60. The summed E-state index contributed by atoms with van der Waals surface area (Å²) in [7, 11) is 2.33. The molecule has 0 amide bonds. The van der Waals surface area contributed by atoms with Gasteiger partial charge in [0.2, 0.25) is 0 Å². The predicted octanol–water partition coefficient (Wildman–Crippen LogP) is 1.61. The van der Waals surface area contributed by atoms with Gasteiger partial charge in [-0.1, -0.05) is 6.42 Å². The Labute approximate surface area is 87.0 Å². The summed E-state index contributed by atoms with van der Waals surface area (Å²) in [5.41, 5.74) is 0. The van der Waals surface area contributed by atoms with Gasteiger partial charge < -0.3 is 10.2 Å². The first-order valence-electron chi connectivity index (χ1n) is 6.29. The summed E-state index contributed by atoms with van der Waals surface area (Å²) in [6.45, 7) is 1.35. The summed E-state index contributed by atoms with van der Waals surface area (Å²) >= 11 is 0. The molecular weight excluding hydrogens is 172 g/mol. The van der Waals surface area contributed by atoms with Crippen molar-refractivity contribution in [2.45, 2.75) is 56.7 Å². The fourth-order valence-electron chi connectivity index (χ4n) is 3.49. The van der Waals surface area contributed by atoms with E-state index in [9.17, 15) is 0 Å². The zero-order valence-electron chi connectivity index (χ0n) is 9.21. The van der Waals surface area contributed by atoms with Crippen LogP contribution in [0.1, 0.15) is 38.5 Å². The van der Waals surface area contributed by atoms with E-state index in [1.54, 1.807) is 0 Å². The maximum atomic E-state index is 3.73. The minimum Gasteiger partial charge on any atom is -0.311 e. The van der Waals surface area contributed by atoms with Gasteiger partial charge in [-0.05, 0) is 45.1 Å². The smallest absolute Gasteiger partial charge is 0.0111 e. The fourth-order valence-corrected chi connectivity index (χ4v) is 3.49. The molecule has 0 aromatic rings. The van der Waals surface area contributed by atoms with Crippen molar-refractivity contribution in [1.82, 2.24) is 10.2 Å². The Hall–Kier alpha value is -0.0800. The summed E-state index contributed by atoms with van der Waals surface area (Å²) in [4.78, 5) is 2.62. The second-order valence-corrected chi connectivity index (χ2v) is 5.57. The lowest BCUT2D eigenvalue weighted by molar-refractivity contribution is 0.130. The summed E-state index contributed by atoms with van der Waals surface area (Å²) in [6.07, 6.45) is 8.68. The molecule has 3 unspecified atom stereocenters. The molecule has 0 aromatic carbocycles. The molecule has 0 radical (unpaired) electrons. The maximum absolute atomic E-state index is 3.73. The van der Waals surface area contributed by atoms with Gasteiger partial charge >= 0.3 is 0 Å². The van der Waals surface area contributed by atoms with Gasteiger partial charge in [0.15, 0.2) is 0 Å². The maximum Gasteiger partial charge on any atom is 0.0111 e. The third-order valence-corrected chi connectivity index (χ3v) is 4.65. The second kappa shape index (κ2) is 3.49. The number of hydrogen-bond donors (Lipinski definition) is 1. The van der Waals surface area contributed by atoms with E-state index in [0.717, 1.165) is 24.0 Å². The van der Waals surface area contributed by atoms with Crippen LogP contribution < -0.4 is 5.32 Å². The molecule has 2 bridgehead atoms. The highest BCUT2D eigenvalue weighted by Gasteiger charge is 2.39. The van der Waals surface area contributed by atoms with Crippen LogP contribution in [0.25, 0.3) is 0 Å². The van der Waals surface area contributed by atoms with Crippen LogP contribution in [-0.4, -0.2) is 36.6 Å².